The summed E-state index contributed by atoms with van der Waals surface area (Å²) < 4.78 is 2.04. The van der Waals surface area contributed by atoms with E-state index in [0.717, 1.165) is 58.9 Å². The third-order valence-corrected chi connectivity index (χ3v) is 7.41. The van der Waals surface area contributed by atoms with Gasteiger partial charge < -0.3 is 9.88 Å². The Hall–Kier alpha value is -2.03. The summed E-state index contributed by atoms with van der Waals surface area (Å²) in [6.07, 6.45) is 2.51. The maximum absolute atomic E-state index is 12.7. The van der Waals surface area contributed by atoms with Crippen LogP contribution < -0.4 is 5.32 Å². The molecule has 1 fully saturated rings. The number of piperidine rings is 1. The third kappa shape index (κ3) is 4.82. The highest BCUT2D eigenvalue weighted by atomic mass is 32.1. The zero-order chi connectivity index (χ0) is 21.3. The molecule has 0 radical (unpaired) electrons. The fraction of sp³-hybridized carbons (Fsp3) is 0.500. The summed E-state index contributed by atoms with van der Waals surface area (Å²) >= 11 is 3.15. The van der Waals surface area contributed by atoms with E-state index in [-0.39, 0.29) is 12.5 Å². The summed E-state index contributed by atoms with van der Waals surface area (Å²) in [4.78, 5) is 24.4. The number of nitrogens with zero attached hydrogens (tertiary/aromatic N) is 4. The molecule has 1 saturated heterocycles. The van der Waals surface area contributed by atoms with Gasteiger partial charge in [0.1, 0.15) is 6.54 Å². The number of nitrogens with one attached hydrogen (secondary N) is 1. The van der Waals surface area contributed by atoms with Crippen molar-refractivity contribution in [2.75, 3.05) is 18.4 Å². The molecular weight excluding hydrogens is 414 g/mol. The first-order chi connectivity index (χ1) is 14.4. The Balaban J connectivity index is 1.37. The van der Waals surface area contributed by atoms with Crippen LogP contribution in [0.2, 0.25) is 0 Å². The summed E-state index contributed by atoms with van der Waals surface area (Å²) in [7, 11) is 0. The molecule has 4 heterocycles. The highest BCUT2D eigenvalue weighted by Crippen LogP contribution is 2.28. The predicted molar refractivity (Wildman–Crippen MR) is 124 cm³/mol. The second kappa shape index (κ2) is 8.99. The van der Waals surface area contributed by atoms with Gasteiger partial charge in [-0.2, -0.15) is 0 Å². The molecule has 0 atom stereocenters. The van der Waals surface area contributed by atoms with Gasteiger partial charge in [0, 0.05) is 34.3 Å². The van der Waals surface area contributed by atoms with Crippen LogP contribution in [0.5, 0.6) is 0 Å². The van der Waals surface area contributed by atoms with E-state index >= 15 is 0 Å². The van der Waals surface area contributed by atoms with E-state index in [9.17, 15) is 4.79 Å². The summed E-state index contributed by atoms with van der Waals surface area (Å²) in [5.41, 5.74) is 5.24. The van der Waals surface area contributed by atoms with E-state index in [1.54, 1.807) is 11.3 Å². The van der Waals surface area contributed by atoms with Crippen LogP contribution in [0.3, 0.4) is 0 Å². The topological polar surface area (TPSA) is 63.1 Å². The van der Waals surface area contributed by atoms with E-state index < -0.39 is 0 Å². The minimum absolute atomic E-state index is 0.0505. The SMILES string of the molecule is Cc1nc(-c2cc(C)n(CC(=O)Nc3nc(CN4CCC(C)CC4)cs3)c2C)cs1. The van der Waals surface area contributed by atoms with Gasteiger partial charge >= 0.3 is 0 Å². The van der Waals surface area contributed by atoms with Gasteiger partial charge in [-0.05, 0) is 58.7 Å². The highest BCUT2D eigenvalue weighted by molar-refractivity contribution is 7.13. The largest absolute Gasteiger partial charge is 0.339 e. The Kier molecular flexibility index (Phi) is 6.36. The molecule has 6 nitrogen and oxygen atoms in total. The Bertz CT molecular complexity index is 1030. The summed E-state index contributed by atoms with van der Waals surface area (Å²) in [6.45, 7) is 11.8. The van der Waals surface area contributed by atoms with Crippen molar-refractivity contribution < 1.29 is 4.79 Å². The third-order valence-electron chi connectivity index (χ3n) is 5.83. The lowest BCUT2D eigenvalue weighted by Crippen LogP contribution is -2.32. The quantitative estimate of drug-likeness (QED) is 0.591. The maximum Gasteiger partial charge on any atom is 0.246 e. The lowest BCUT2D eigenvalue weighted by atomic mass is 9.99. The lowest BCUT2D eigenvalue weighted by molar-refractivity contribution is -0.116. The van der Waals surface area contributed by atoms with E-state index in [1.807, 2.05) is 25.3 Å². The van der Waals surface area contributed by atoms with Gasteiger partial charge in [0.25, 0.3) is 0 Å². The molecule has 3 aromatic rings. The normalized spacial score (nSPS) is 15.6. The number of likely N-dealkylation sites (tertiary alicyclic amines) is 1. The van der Waals surface area contributed by atoms with E-state index in [2.05, 4.69) is 43.9 Å². The van der Waals surface area contributed by atoms with Gasteiger partial charge in [0.15, 0.2) is 5.13 Å². The predicted octanol–water partition coefficient (Wildman–Crippen LogP) is 4.86. The van der Waals surface area contributed by atoms with Crippen molar-refractivity contribution in [3.8, 4) is 11.3 Å². The molecule has 1 amide bonds. The fourth-order valence-electron chi connectivity index (χ4n) is 3.98. The van der Waals surface area contributed by atoms with Gasteiger partial charge in [-0.25, -0.2) is 9.97 Å². The summed E-state index contributed by atoms with van der Waals surface area (Å²) in [5.74, 6) is 0.776. The molecule has 30 heavy (non-hydrogen) atoms. The van der Waals surface area contributed by atoms with Crippen molar-refractivity contribution >= 4 is 33.7 Å². The van der Waals surface area contributed by atoms with E-state index in [0.29, 0.717) is 5.13 Å². The average molecular weight is 444 g/mol. The molecule has 1 aliphatic heterocycles. The standard InChI is InChI=1S/C22H29N5OS2/c1-14-5-7-26(8-6-14)10-18-12-30-22(24-18)25-21(28)11-27-15(2)9-19(16(27)3)20-13-29-17(4)23-20/h9,12-14H,5-8,10-11H2,1-4H3,(H,24,25,28). The zero-order valence-corrected chi connectivity index (χ0v) is 19.7. The number of aromatic nitrogens is 3. The van der Waals surface area contributed by atoms with Gasteiger partial charge in [-0.15, -0.1) is 22.7 Å². The number of aryl methyl sites for hydroxylation is 2. The number of carbonyl (C=O) groups excluding carboxylic acids is 1. The van der Waals surface area contributed by atoms with Gasteiger partial charge in [0.2, 0.25) is 5.91 Å². The molecule has 0 unspecified atom stereocenters. The zero-order valence-electron chi connectivity index (χ0n) is 18.1. The van der Waals surface area contributed by atoms with Crippen LogP contribution in [0.4, 0.5) is 5.13 Å². The van der Waals surface area contributed by atoms with Crippen molar-refractivity contribution in [3.05, 3.63) is 38.9 Å². The number of carbonyl (C=O) groups is 1. The fourth-order valence-corrected chi connectivity index (χ4v) is 5.31. The van der Waals surface area contributed by atoms with Crippen LogP contribution >= 0.6 is 22.7 Å². The van der Waals surface area contributed by atoms with Crippen molar-refractivity contribution in [2.45, 2.75) is 53.6 Å². The smallest absolute Gasteiger partial charge is 0.246 e. The highest BCUT2D eigenvalue weighted by Gasteiger charge is 2.18. The minimum Gasteiger partial charge on any atom is -0.339 e. The van der Waals surface area contributed by atoms with E-state index in [1.165, 1.54) is 24.2 Å². The molecule has 0 aromatic carbocycles. The van der Waals surface area contributed by atoms with Crippen LogP contribution in [0.25, 0.3) is 11.3 Å². The molecule has 0 bridgehead atoms. The molecule has 4 rings (SSSR count). The van der Waals surface area contributed by atoms with E-state index in [4.69, 9.17) is 0 Å². The molecule has 160 valence electrons. The number of amides is 1. The molecule has 0 aliphatic carbocycles. The maximum atomic E-state index is 12.7. The summed E-state index contributed by atoms with van der Waals surface area (Å²) in [6, 6.07) is 2.11. The first-order valence-electron chi connectivity index (χ1n) is 10.4. The van der Waals surface area contributed by atoms with Crippen molar-refractivity contribution in [1.29, 1.82) is 0 Å². The lowest BCUT2D eigenvalue weighted by Gasteiger charge is -2.29. The van der Waals surface area contributed by atoms with Gasteiger partial charge in [0.05, 0.1) is 16.4 Å². The van der Waals surface area contributed by atoms with Crippen LogP contribution in [0, 0.1) is 26.7 Å². The second-order valence-electron chi connectivity index (χ2n) is 8.27. The van der Waals surface area contributed by atoms with Crippen molar-refractivity contribution in [2.24, 2.45) is 5.92 Å². The van der Waals surface area contributed by atoms with Crippen LogP contribution in [0.15, 0.2) is 16.8 Å². The summed E-state index contributed by atoms with van der Waals surface area (Å²) in [5, 5.41) is 8.83. The Morgan fingerprint density at radius 3 is 2.63 bits per heavy atom. The first kappa shape index (κ1) is 21.2. The number of thiazole rings is 2. The number of hydrogen-bond donors (Lipinski definition) is 1. The van der Waals surface area contributed by atoms with Crippen molar-refractivity contribution in [1.82, 2.24) is 19.4 Å². The molecule has 0 saturated carbocycles. The molecule has 3 aromatic heterocycles. The number of hydrogen-bond acceptors (Lipinski definition) is 6. The molecule has 1 N–H and O–H groups in total. The van der Waals surface area contributed by atoms with Gasteiger partial charge in [-0.1, -0.05) is 6.92 Å². The van der Waals surface area contributed by atoms with Gasteiger partial charge in [-0.3, -0.25) is 9.69 Å². The van der Waals surface area contributed by atoms with Crippen LogP contribution in [-0.2, 0) is 17.9 Å². The minimum atomic E-state index is -0.0505. The Morgan fingerprint density at radius 2 is 1.93 bits per heavy atom. The number of rotatable bonds is 6. The molecular formula is C22H29N5OS2. The monoisotopic (exact) mass is 443 g/mol. The average Bonchev–Trinajstić information content (AvgIpc) is 3.40. The molecule has 0 spiro atoms. The van der Waals surface area contributed by atoms with Crippen LogP contribution in [-0.4, -0.2) is 38.4 Å². The Morgan fingerprint density at radius 1 is 1.17 bits per heavy atom. The number of anilines is 1. The second-order valence-corrected chi connectivity index (χ2v) is 10.2. The Labute approximate surface area is 186 Å². The first-order valence-corrected chi connectivity index (χ1v) is 12.2. The molecule has 1 aliphatic rings. The van der Waals surface area contributed by atoms with Crippen LogP contribution in [0.1, 0.15) is 41.9 Å². The van der Waals surface area contributed by atoms with Crippen molar-refractivity contribution in [3.63, 3.8) is 0 Å². The molecule has 8 heteroatoms.